The molecule has 0 unspecified atom stereocenters. The fourth-order valence-corrected chi connectivity index (χ4v) is 4.50. The van der Waals surface area contributed by atoms with E-state index in [-0.39, 0.29) is 0 Å². The summed E-state index contributed by atoms with van der Waals surface area (Å²) in [6.45, 7) is 7.14. The van der Waals surface area contributed by atoms with Crippen molar-refractivity contribution in [1.29, 1.82) is 0 Å². The predicted octanol–water partition coefficient (Wildman–Crippen LogP) is 5.25. The molecule has 0 saturated carbocycles. The normalized spacial score (nSPS) is 16.5. The molecular weight excluding hydrogens is 344 g/mol. The van der Waals surface area contributed by atoms with Crippen LogP contribution in [0.25, 0.3) is 33.1 Å². The molecule has 28 heavy (non-hydrogen) atoms. The molecule has 0 aliphatic carbocycles. The van der Waals surface area contributed by atoms with Gasteiger partial charge in [0.25, 0.3) is 0 Å². The molecule has 3 heterocycles. The molecular formula is C24H28N4. The number of piperidine rings is 1. The fourth-order valence-electron chi connectivity index (χ4n) is 4.50. The number of aryl methyl sites for hydroxylation is 1. The summed E-state index contributed by atoms with van der Waals surface area (Å²) in [4.78, 5) is 12.6. The second-order valence-electron chi connectivity index (χ2n) is 8.28. The molecule has 4 nitrogen and oxygen atoms in total. The number of unbranched alkanes of at least 4 members (excludes halogenated alkanes) is 1. The molecule has 0 spiro atoms. The van der Waals surface area contributed by atoms with Gasteiger partial charge in [-0.05, 0) is 69.4 Å². The van der Waals surface area contributed by atoms with Gasteiger partial charge < -0.3 is 9.47 Å². The first-order chi connectivity index (χ1) is 13.8. The third-order valence-electron chi connectivity index (χ3n) is 6.24. The van der Waals surface area contributed by atoms with Crippen molar-refractivity contribution >= 4 is 33.1 Å². The molecule has 144 valence electrons. The van der Waals surface area contributed by atoms with Gasteiger partial charge in [-0.25, -0.2) is 9.97 Å². The highest BCUT2D eigenvalue weighted by atomic mass is 15.1. The van der Waals surface area contributed by atoms with Crippen LogP contribution in [0.15, 0.2) is 48.5 Å². The summed E-state index contributed by atoms with van der Waals surface area (Å²) in [6, 6.07) is 16.8. The second kappa shape index (κ2) is 7.51. The van der Waals surface area contributed by atoms with E-state index in [0.29, 0.717) is 0 Å². The molecule has 0 atom stereocenters. The maximum absolute atomic E-state index is 4.98. The van der Waals surface area contributed by atoms with Crippen LogP contribution in [-0.4, -0.2) is 39.1 Å². The van der Waals surface area contributed by atoms with Gasteiger partial charge in [0.15, 0.2) is 5.65 Å². The summed E-state index contributed by atoms with van der Waals surface area (Å²) in [5.74, 6) is 0.905. The summed E-state index contributed by atoms with van der Waals surface area (Å²) in [7, 11) is 0. The summed E-state index contributed by atoms with van der Waals surface area (Å²) in [5, 5.41) is 1.21. The third kappa shape index (κ3) is 3.26. The number of hydrogen-bond donors (Lipinski definition) is 0. The van der Waals surface area contributed by atoms with Gasteiger partial charge in [0.1, 0.15) is 5.52 Å². The number of para-hydroxylation sites is 3. The van der Waals surface area contributed by atoms with E-state index in [9.17, 15) is 0 Å². The van der Waals surface area contributed by atoms with Crippen molar-refractivity contribution in [3.8, 4) is 0 Å². The Hall–Kier alpha value is -2.46. The average Bonchev–Trinajstić information content (AvgIpc) is 3.04. The summed E-state index contributed by atoms with van der Waals surface area (Å²) in [6.07, 6.45) is 5.13. The second-order valence-corrected chi connectivity index (χ2v) is 8.28. The molecule has 2 aromatic carbocycles. The SMILES string of the molecule is CC1CCN(CCCCn2c3ccccc3c3nc4ccccc4nc32)CC1. The molecule has 1 aliphatic heterocycles. The Balaban J connectivity index is 1.40. The predicted molar refractivity (Wildman–Crippen MR) is 117 cm³/mol. The van der Waals surface area contributed by atoms with Gasteiger partial charge in [-0.1, -0.05) is 37.3 Å². The van der Waals surface area contributed by atoms with E-state index in [2.05, 4.69) is 46.7 Å². The van der Waals surface area contributed by atoms with Crippen LogP contribution in [0.4, 0.5) is 0 Å². The van der Waals surface area contributed by atoms with Crippen molar-refractivity contribution in [1.82, 2.24) is 19.4 Å². The van der Waals surface area contributed by atoms with Crippen LogP contribution in [0.3, 0.4) is 0 Å². The molecule has 0 N–H and O–H groups in total. The number of likely N-dealkylation sites (tertiary alicyclic amines) is 1. The van der Waals surface area contributed by atoms with Crippen LogP contribution < -0.4 is 0 Å². The lowest BCUT2D eigenvalue weighted by atomic mass is 9.99. The topological polar surface area (TPSA) is 34.0 Å². The minimum atomic E-state index is 0.905. The zero-order chi connectivity index (χ0) is 18.9. The zero-order valence-corrected chi connectivity index (χ0v) is 16.6. The van der Waals surface area contributed by atoms with E-state index in [1.165, 1.54) is 56.2 Å². The number of hydrogen-bond acceptors (Lipinski definition) is 3. The molecule has 4 aromatic rings. The van der Waals surface area contributed by atoms with Gasteiger partial charge in [0.2, 0.25) is 0 Å². The van der Waals surface area contributed by atoms with Crippen LogP contribution in [0, 0.1) is 5.92 Å². The van der Waals surface area contributed by atoms with Gasteiger partial charge in [-0.2, -0.15) is 0 Å². The first-order valence-corrected chi connectivity index (χ1v) is 10.7. The van der Waals surface area contributed by atoms with Gasteiger partial charge in [0, 0.05) is 11.9 Å². The smallest absolute Gasteiger partial charge is 0.160 e. The van der Waals surface area contributed by atoms with Crippen LogP contribution in [-0.2, 0) is 6.54 Å². The van der Waals surface area contributed by atoms with Crippen molar-refractivity contribution in [3.63, 3.8) is 0 Å². The summed E-state index contributed by atoms with van der Waals surface area (Å²) in [5.41, 5.74) is 5.24. The fraction of sp³-hybridized carbons (Fsp3) is 0.417. The largest absolute Gasteiger partial charge is 0.324 e. The van der Waals surface area contributed by atoms with E-state index in [1.54, 1.807) is 0 Å². The van der Waals surface area contributed by atoms with Crippen molar-refractivity contribution < 1.29 is 0 Å². The number of aromatic nitrogens is 3. The molecule has 4 heteroatoms. The Bertz CT molecular complexity index is 1110. The van der Waals surface area contributed by atoms with Gasteiger partial charge in [-0.3, -0.25) is 0 Å². The number of rotatable bonds is 5. The minimum Gasteiger partial charge on any atom is -0.324 e. The third-order valence-corrected chi connectivity index (χ3v) is 6.24. The molecule has 1 fully saturated rings. The molecule has 1 saturated heterocycles. The highest BCUT2D eigenvalue weighted by Gasteiger charge is 2.16. The van der Waals surface area contributed by atoms with Crippen molar-refractivity contribution in [2.45, 2.75) is 39.2 Å². The highest BCUT2D eigenvalue weighted by Crippen LogP contribution is 2.28. The average molecular weight is 373 g/mol. The van der Waals surface area contributed by atoms with Gasteiger partial charge in [-0.15, -0.1) is 0 Å². The van der Waals surface area contributed by atoms with Crippen molar-refractivity contribution in [3.05, 3.63) is 48.5 Å². The highest BCUT2D eigenvalue weighted by molar-refractivity contribution is 6.06. The number of fused-ring (bicyclic) bond motifs is 4. The summed E-state index contributed by atoms with van der Waals surface area (Å²) < 4.78 is 2.38. The number of benzene rings is 2. The van der Waals surface area contributed by atoms with E-state index in [4.69, 9.17) is 9.97 Å². The first kappa shape index (κ1) is 17.6. The maximum Gasteiger partial charge on any atom is 0.160 e. The van der Waals surface area contributed by atoms with Crippen LogP contribution in [0.1, 0.15) is 32.6 Å². The molecule has 5 rings (SSSR count). The maximum atomic E-state index is 4.98. The molecule has 0 amide bonds. The van der Waals surface area contributed by atoms with Crippen LogP contribution in [0.2, 0.25) is 0 Å². The van der Waals surface area contributed by atoms with E-state index >= 15 is 0 Å². The minimum absolute atomic E-state index is 0.905. The van der Waals surface area contributed by atoms with E-state index < -0.39 is 0 Å². The molecule has 1 aliphatic rings. The lowest BCUT2D eigenvalue weighted by Crippen LogP contribution is -2.33. The van der Waals surface area contributed by atoms with Crippen LogP contribution in [0.5, 0.6) is 0 Å². The Morgan fingerprint density at radius 3 is 2.36 bits per heavy atom. The quantitative estimate of drug-likeness (QED) is 0.449. The lowest BCUT2D eigenvalue weighted by molar-refractivity contribution is 0.189. The molecule has 2 aromatic heterocycles. The van der Waals surface area contributed by atoms with Gasteiger partial charge >= 0.3 is 0 Å². The molecule has 0 bridgehead atoms. The Morgan fingerprint density at radius 1 is 0.857 bits per heavy atom. The zero-order valence-electron chi connectivity index (χ0n) is 16.6. The van der Waals surface area contributed by atoms with E-state index in [1.807, 2.05) is 18.2 Å². The number of nitrogens with zero attached hydrogens (tertiary/aromatic N) is 4. The Kier molecular flexibility index (Phi) is 4.73. The molecule has 0 radical (unpaired) electrons. The summed E-state index contributed by atoms with van der Waals surface area (Å²) >= 11 is 0. The van der Waals surface area contributed by atoms with Gasteiger partial charge in [0.05, 0.1) is 16.6 Å². The first-order valence-electron chi connectivity index (χ1n) is 10.7. The van der Waals surface area contributed by atoms with Crippen LogP contribution >= 0.6 is 0 Å². The van der Waals surface area contributed by atoms with E-state index in [0.717, 1.165) is 34.7 Å². The standard InChI is InChI=1S/C24H28N4/c1-18-12-16-27(17-13-18)14-6-7-15-28-22-11-5-2-8-19(22)23-24(28)26-21-10-4-3-9-20(21)25-23/h2-5,8-11,18H,6-7,12-17H2,1H3. The van der Waals surface area contributed by atoms with Crippen molar-refractivity contribution in [2.24, 2.45) is 5.92 Å². The van der Waals surface area contributed by atoms with Crippen molar-refractivity contribution in [2.75, 3.05) is 19.6 Å². The monoisotopic (exact) mass is 372 g/mol. The Labute approximate surface area is 166 Å². The lowest BCUT2D eigenvalue weighted by Gasteiger charge is -2.30. The Morgan fingerprint density at radius 2 is 1.54 bits per heavy atom.